The number of carboxylic acids is 1. The number of hydrogen-bond donors (Lipinski definition) is 2. The lowest BCUT2D eigenvalue weighted by molar-refractivity contribution is -0.138. The van der Waals surface area contributed by atoms with Gasteiger partial charge in [-0.15, -0.1) is 0 Å². The summed E-state index contributed by atoms with van der Waals surface area (Å²) in [5.74, 6) is -0.923. The SMILES string of the molecule is C[C@@H](NC(=O)c1ccc(C2CC2)cn1)C(=O)O. The number of rotatable bonds is 4. The minimum absolute atomic E-state index is 0.252. The van der Waals surface area contributed by atoms with Gasteiger partial charge in [0.2, 0.25) is 0 Å². The molecule has 1 amide bonds. The van der Waals surface area contributed by atoms with Crippen molar-refractivity contribution in [3.05, 3.63) is 29.6 Å². The first-order valence-corrected chi connectivity index (χ1v) is 5.57. The van der Waals surface area contributed by atoms with Crippen LogP contribution >= 0.6 is 0 Å². The van der Waals surface area contributed by atoms with Crippen LogP contribution in [-0.4, -0.2) is 28.0 Å². The van der Waals surface area contributed by atoms with Gasteiger partial charge in [0.15, 0.2) is 0 Å². The van der Waals surface area contributed by atoms with Crippen molar-refractivity contribution in [2.45, 2.75) is 31.7 Å². The van der Waals surface area contributed by atoms with E-state index in [-0.39, 0.29) is 5.69 Å². The van der Waals surface area contributed by atoms with Gasteiger partial charge in [0.25, 0.3) is 5.91 Å². The summed E-state index contributed by atoms with van der Waals surface area (Å²) in [6, 6.07) is 2.61. The highest BCUT2D eigenvalue weighted by Gasteiger charge is 2.24. The molecule has 1 aromatic rings. The monoisotopic (exact) mass is 234 g/mol. The zero-order valence-corrected chi connectivity index (χ0v) is 9.51. The maximum absolute atomic E-state index is 11.6. The summed E-state index contributed by atoms with van der Waals surface area (Å²) in [6.07, 6.45) is 4.06. The van der Waals surface area contributed by atoms with Gasteiger partial charge in [0.05, 0.1) is 0 Å². The molecule has 1 atom stereocenters. The number of aromatic nitrogens is 1. The number of carboxylic acid groups (broad SMARTS) is 1. The van der Waals surface area contributed by atoms with E-state index in [9.17, 15) is 9.59 Å². The Kier molecular flexibility index (Phi) is 3.08. The standard InChI is InChI=1S/C12H14N2O3/c1-7(12(16)17)14-11(15)10-5-4-9(6-13-10)8-2-3-8/h4-8H,2-3H2,1H3,(H,14,15)(H,16,17)/t7-/m1/s1. The van der Waals surface area contributed by atoms with Crippen molar-refractivity contribution < 1.29 is 14.7 Å². The fourth-order valence-electron chi connectivity index (χ4n) is 1.53. The Balaban J connectivity index is 2.01. The molecule has 0 unspecified atom stereocenters. The van der Waals surface area contributed by atoms with Crippen LogP contribution in [0.1, 0.15) is 41.7 Å². The summed E-state index contributed by atoms with van der Waals surface area (Å²) in [6.45, 7) is 1.42. The molecule has 1 saturated carbocycles. The van der Waals surface area contributed by atoms with E-state index >= 15 is 0 Å². The van der Waals surface area contributed by atoms with Crippen LogP contribution in [0.25, 0.3) is 0 Å². The summed E-state index contributed by atoms with van der Waals surface area (Å²) in [5.41, 5.74) is 1.40. The average Bonchev–Trinajstić information content (AvgIpc) is 3.13. The molecule has 1 aliphatic rings. The van der Waals surface area contributed by atoms with Crippen molar-refractivity contribution in [1.82, 2.24) is 10.3 Å². The van der Waals surface area contributed by atoms with Gasteiger partial charge in [-0.3, -0.25) is 14.6 Å². The molecule has 17 heavy (non-hydrogen) atoms. The molecule has 2 rings (SSSR count). The second kappa shape index (κ2) is 4.53. The van der Waals surface area contributed by atoms with Crippen LogP contribution in [0.4, 0.5) is 0 Å². The van der Waals surface area contributed by atoms with E-state index in [0.29, 0.717) is 5.92 Å². The predicted octanol–water partition coefficient (Wildman–Crippen LogP) is 1.16. The maximum Gasteiger partial charge on any atom is 0.325 e. The minimum Gasteiger partial charge on any atom is -0.480 e. The minimum atomic E-state index is -1.06. The molecule has 0 radical (unpaired) electrons. The van der Waals surface area contributed by atoms with Gasteiger partial charge >= 0.3 is 5.97 Å². The van der Waals surface area contributed by atoms with Crippen molar-refractivity contribution in [3.63, 3.8) is 0 Å². The molecule has 1 fully saturated rings. The second-order valence-electron chi connectivity index (χ2n) is 4.28. The Morgan fingerprint density at radius 3 is 2.65 bits per heavy atom. The molecule has 0 spiro atoms. The lowest BCUT2D eigenvalue weighted by Gasteiger charge is -2.08. The quantitative estimate of drug-likeness (QED) is 0.819. The summed E-state index contributed by atoms with van der Waals surface area (Å²) in [4.78, 5) is 26.2. The molecule has 0 aliphatic heterocycles. The second-order valence-corrected chi connectivity index (χ2v) is 4.28. The highest BCUT2D eigenvalue weighted by atomic mass is 16.4. The first-order valence-electron chi connectivity index (χ1n) is 5.57. The molecule has 90 valence electrons. The van der Waals surface area contributed by atoms with Crippen LogP contribution < -0.4 is 5.32 Å². The first-order chi connectivity index (χ1) is 8.08. The summed E-state index contributed by atoms with van der Waals surface area (Å²) < 4.78 is 0. The number of nitrogens with zero attached hydrogens (tertiary/aromatic N) is 1. The van der Waals surface area contributed by atoms with Crippen LogP contribution in [0.15, 0.2) is 18.3 Å². The number of nitrogens with one attached hydrogen (secondary N) is 1. The smallest absolute Gasteiger partial charge is 0.325 e. The molecule has 0 bridgehead atoms. The van der Waals surface area contributed by atoms with Crippen LogP contribution in [0.3, 0.4) is 0 Å². The number of hydrogen-bond acceptors (Lipinski definition) is 3. The molecule has 2 N–H and O–H groups in total. The van der Waals surface area contributed by atoms with E-state index in [1.807, 2.05) is 6.07 Å². The van der Waals surface area contributed by atoms with Gasteiger partial charge in [-0.05, 0) is 37.3 Å². The fourth-order valence-corrected chi connectivity index (χ4v) is 1.53. The molecule has 0 saturated heterocycles. The van der Waals surface area contributed by atoms with Gasteiger partial charge < -0.3 is 10.4 Å². The summed E-state index contributed by atoms with van der Waals surface area (Å²) in [5, 5.41) is 11.0. The van der Waals surface area contributed by atoms with Crippen LogP contribution in [0.5, 0.6) is 0 Å². The largest absolute Gasteiger partial charge is 0.480 e. The third kappa shape index (κ3) is 2.81. The Hall–Kier alpha value is -1.91. The zero-order valence-electron chi connectivity index (χ0n) is 9.51. The van der Waals surface area contributed by atoms with Crippen molar-refractivity contribution in [2.24, 2.45) is 0 Å². The number of amides is 1. The van der Waals surface area contributed by atoms with E-state index in [1.165, 1.54) is 19.8 Å². The molecule has 0 aromatic carbocycles. The molecule has 5 heteroatoms. The van der Waals surface area contributed by atoms with E-state index in [1.54, 1.807) is 12.3 Å². The highest BCUT2D eigenvalue weighted by Crippen LogP contribution is 2.39. The van der Waals surface area contributed by atoms with E-state index in [4.69, 9.17) is 5.11 Å². The first kappa shape index (κ1) is 11.6. The lowest BCUT2D eigenvalue weighted by Crippen LogP contribution is -2.38. The average molecular weight is 234 g/mol. The number of aliphatic carboxylic acids is 1. The normalized spacial score (nSPS) is 16.3. The fraction of sp³-hybridized carbons (Fsp3) is 0.417. The summed E-state index contributed by atoms with van der Waals surface area (Å²) in [7, 11) is 0. The lowest BCUT2D eigenvalue weighted by atomic mass is 10.2. The van der Waals surface area contributed by atoms with Crippen molar-refractivity contribution in [2.75, 3.05) is 0 Å². The van der Waals surface area contributed by atoms with E-state index < -0.39 is 17.9 Å². The maximum atomic E-state index is 11.6. The number of pyridine rings is 1. The van der Waals surface area contributed by atoms with Crippen LogP contribution in [-0.2, 0) is 4.79 Å². The third-order valence-corrected chi connectivity index (χ3v) is 2.79. The molecular weight excluding hydrogens is 220 g/mol. The molecule has 5 nitrogen and oxygen atoms in total. The van der Waals surface area contributed by atoms with Gasteiger partial charge in [-0.2, -0.15) is 0 Å². The number of carbonyl (C=O) groups excluding carboxylic acids is 1. The van der Waals surface area contributed by atoms with Crippen LogP contribution in [0, 0.1) is 0 Å². The van der Waals surface area contributed by atoms with Gasteiger partial charge in [-0.25, -0.2) is 0 Å². The van der Waals surface area contributed by atoms with E-state index in [2.05, 4.69) is 10.3 Å². The Bertz CT molecular complexity index is 438. The zero-order chi connectivity index (χ0) is 12.4. The Morgan fingerprint density at radius 1 is 1.47 bits per heavy atom. The molecule has 1 heterocycles. The van der Waals surface area contributed by atoms with Gasteiger partial charge in [0.1, 0.15) is 11.7 Å². The van der Waals surface area contributed by atoms with Crippen LogP contribution in [0.2, 0.25) is 0 Å². The Labute approximate surface area is 98.9 Å². The third-order valence-electron chi connectivity index (χ3n) is 2.79. The summed E-state index contributed by atoms with van der Waals surface area (Å²) >= 11 is 0. The van der Waals surface area contributed by atoms with E-state index in [0.717, 1.165) is 5.56 Å². The molecule has 1 aliphatic carbocycles. The van der Waals surface area contributed by atoms with Crippen molar-refractivity contribution in [1.29, 1.82) is 0 Å². The topological polar surface area (TPSA) is 79.3 Å². The van der Waals surface area contributed by atoms with Gasteiger partial charge in [0, 0.05) is 6.20 Å². The van der Waals surface area contributed by atoms with Crippen molar-refractivity contribution >= 4 is 11.9 Å². The predicted molar refractivity (Wildman–Crippen MR) is 60.8 cm³/mol. The van der Waals surface area contributed by atoms with Crippen molar-refractivity contribution in [3.8, 4) is 0 Å². The number of carbonyl (C=O) groups is 2. The highest BCUT2D eigenvalue weighted by molar-refractivity contribution is 5.94. The molecule has 1 aromatic heterocycles. The Morgan fingerprint density at radius 2 is 2.18 bits per heavy atom. The molecular formula is C12H14N2O3. The van der Waals surface area contributed by atoms with Gasteiger partial charge in [-0.1, -0.05) is 6.07 Å².